The van der Waals surface area contributed by atoms with Crippen LogP contribution in [0.25, 0.3) is 0 Å². The van der Waals surface area contributed by atoms with Gasteiger partial charge in [0.15, 0.2) is 0 Å². The Morgan fingerprint density at radius 1 is 0.781 bits per heavy atom. The monoisotopic (exact) mass is 455 g/mol. The third-order valence-electron chi connectivity index (χ3n) is 5.69. The Morgan fingerprint density at radius 3 is 1.69 bits per heavy atom. The summed E-state index contributed by atoms with van der Waals surface area (Å²) in [7, 11) is 0. The van der Waals surface area contributed by atoms with Crippen LogP contribution in [0.5, 0.6) is 0 Å². The van der Waals surface area contributed by atoms with Crippen LogP contribution in [0.2, 0.25) is 0 Å². The number of nitrogens with one attached hydrogen (secondary N) is 3. The summed E-state index contributed by atoms with van der Waals surface area (Å²) in [5.41, 5.74) is 0. The Bertz CT molecular complexity index is 460. The van der Waals surface area contributed by atoms with E-state index < -0.39 is 18.6 Å². The van der Waals surface area contributed by atoms with Crippen molar-refractivity contribution in [2.45, 2.75) is 116 Å². The number of aliphatic hydroxyl groups is 1. The quantitative estimate of drug-likeness (QED) is 0.131. The van der Waals surface area contributed by atoms with Crippen LogP contribution in [0.3, 0.4) is 0 Å². The van der Waals surface area contributed by atoms with Gasteiger partial charge in [-0.2, -0.15) is 0 Å². The van der Waals surface area contributed by atoms with Gasteiger partial charge in [0.2, 0.25) is 11.8 Å². The molecule has 0 unspecified atom stereocenters. The van der Waals surface area contributed by atoms with Gasteiger partial charge in [0, 0.05) is 0 Å². The van der Waals surface area contributed by atoms with E-state index in [9.17, 15) is 19.5 Å². The van der Waals surface area contributed by atoms with Gasteiger partial charge in [-0.15, -0.1) is 0 Å². The number of amides is 2. The van der Waals surface area contributed by atoms with E-state index in [4.69, 9.17) is 0 Å². The Labute approximate surface area is 195 Å². The molecule has 0 heterocycles. The van der Waals surface area contributed by atoms with Gasteiger partial charge >= 0.3 is 0 Å². The van der Waals surface area contributed by atoms with Crippen molar-refractivity contribution in [3.05, 3.63) is 0 Å². The lowest BCUT2D eigenvalue weighted by atomic mass is 10.0. The zero-order valence-corrected chi connectivity index (χ0v) is 20.5. The number of hydrogen-bond donors (Lipinski definition) is 4. The number of carbonyl (C=O) groups is 3. The molecule has 188 valence electrons. The second kappa shape index (κ2) is 24.2. The Balaban J connectivity index is 3.37. The Hall–Kier alpha value is -1.47. The van der Waals surface area contributed by atoms with Crippen molar-refractivity contribution < 1.29 is 19.5 Å². The summed E-state index contributed by atoms with van der Waals surface area (Å²) in [6.07, 6.45) is 21.9. The molecule has 0 spiro atoms. The molecular formula is C25H49N3O4. The lowest BCUT2D eigenvalue weighted by molar-refractivity contribution is -0.130. The average Bonchev–Trinajstić information content (AvgIpc) is 2.80. The van der Waals surface area contributed by atoms with Gasteiger partial charge in [0.25, 0.3) is 0 Å². The molecule has 0 aromatic carbocycles. The molecule has 2 amide bonds. The Kier molecular flexibility index (Phi) is 23.1. The van der Waals surface area contributed by atoms with E-state index in [1.165, 1.54) is 89.9 Å². The predicted molar refractivity (Wildman–Crippen MR) is 131 cm³/mol. The van der Waals surface area contributed by atoms with Gasteiger partial charge in [-0.25, -0.2) is 0 Å². The van der Waals surface area contributed by atoms with Crippen molar-refractivity contribution in [1.29, 1.82) is 0 Å². The molecule has 0 aliphatic rings. The topological polar surface area (TPSA) is 108 Å². The van der Waals surface area contributed by atoms with Crippen molar-refractivity contribution in [1.82, 2.24) is 16.0 Å². The van der Waals surface area contributed by atoms with Gasteiger partial charge < -0.3 is 25.9 Å². The van der Waals surface area contributed by atoms with Gasteiger partial charge in [-0.3, -0.25) is 9.59 Å². The lowest BCUT2D eigenvalue weighted by Crippen LogP contribution is -2.51. The van der Waals surface area contributed by atoms with Gasteiger partial charge in [-0.1, -0.05) is 103 Å². The van der Waals surface area contributed by atoms with Gasteiger partial charge in [0.1, 0.15) is 12.3 Å². The van der Waals surface area contributed by atoms with Gasteiger partial charge in [0.05, 0.1) is 19.7 Å². The van der Waals surface area contributed by atoms with Crippen LogP contribution >= 0.6 is 0 Å². The van der Waals surface area contributed by atoms with E-state index in [0.29, 0.717) is 6.29 Å². The highest BCUT2D eigenvalue weighted by molar-refractivity contribution is 5.89. The van der Waals surface area contributed by atoms with Crippen LogP contribution in [-0.4, -0.2) is 55.5 Å². The number of carbonyl (C=O) groups excluding carboxylic acids is 3. The highest BCUT2D eigenvalue weighted by atomic mass is 16.3. The molecule has 0 radical (unpaired) electrons. The molecule has 0 aromatic heterocycles. The SMILES string of the molecule is CCCCCCCCCCCCCCCCCCNCC(=O)N[C@@H](CO)C(=O)NCC=O. The third-order valence-corrected chi connectivity index (χ3v) is 5.69. The maximum atomic E-state index is 11.8. The van der Waals surface area contributed by atoms with E-state index in [1.807, 2.05) is 0 Å². The summed E-state index contributed by atoms with van der Waals surface area (Å²) in [6, 6.07) is -1.03. The highest BCUT2D eigenvalue weighted by Crippen LogP contribution is 2.13. The van der Waals surface area contributed by atoms with Gasteiger partial charge in [-0.05, 0) is 13.0 Å². The molecule has 7 heteroatoms. The fourth-order valence-corrected chi connectivity index (χ4v) is 3.70. The number of rotatable bonds is 24. The molecule has 32 heavy (non-hydrogen) atoms. The van der Waals surface area contributed by atoms with Crippen molar-refractivity contribution >= 4 is 18.1 Å². The van der Waals surface area contributed by atoms with Crippen LogP contribution in [-0.2, 0) is 14.4 Å². The summed E-state index contributed by atoms with van der Waals surface area (Å²) >= 11 is 0. The minimum Gasteiger partial charge on any atom is -0.394 e. The first kappa shape index (κ1) is 30.5. The summed E-state index contributed by atoms with van der Waals surface area (Å²) in [5, 5.41) is 17.0. The number of aldehydes is 1. The van der Waals surface area contributed by atoms with Crippen molar-refractivity contribution in [2.75, 3.05) is 26.2 Å². The molecular weight excluding hydrogens is 406 g/mol. The molecule has 0 aliphatic carbocycles. The summed E-state index contributed by atoms with van der Waals surface area (Å²) in [6.45, 7) is 2.49. The van der Waals surface area contributed by atoms with Crippen molar-refractivity contribution in [3.8, 4) is 0 Å². The number of aliphatic hydroxyl groups excluding tert-OH is 1. The van der Waals surface area contributed by atoms with Crippen molar-refractivity contribution in [3.63, 3.8) is 0 Å². The molecule has 0 rings (SSSR count). The largest absolute Gasteiger partial charge is 0.394 e. The molecule has 0 aromatic rings. The Morgan fingerprint density at radius 2 is 1.25 bits per heavy atom. The van der Waals surface area contributed by atoms with Crippen LogP contribution in [0.4, 0.5) is 0 Å². The zero-order valence-electron chi connectivity index (χ0n) is 20.5. The maximum Gasteiger partial charge on any atom is 0.245 e. The summed E-state index contributed by atoms with van der Waals surface area (Å²) in [4.78, 5) is 33.7. The van der Waals surface area contributed by atoms with Crippen LogP contribution in [0.1, 0.15) is 110 Å². The van der Waals surface area contributed by atoms with Crippen LogP contribution < -0.4 is 16.0 Å². The standard InChI is InChI=1S/C25H49N3O4/c1-2-3-4-5-6-7-8-9-10-11-12-13-14-15-16-17-18-26-21-24(31)28-23(22-30)25(32)27-19-20-29/h20,23,26,30H,2-19,21-22H2,1H3,(H,27,32)(H,28,31)/t23-/m0/s1. The van der Waals surface area contributed by atoms with Crippen LogP contribution in [0.15, 0.2) is 0 Å². The maximum absolute atomic E-state index is 11.8. The average molecular weight is 456 g/mol. The second-order valence-corrected chi connectivity index (χ2v) is 8.69. The van der Waals surface area contributed by atoms with E-state index in [0.717, 1.165) is 19.4 Å². The van der Waals surface area contributed by atoms with E-state index in [-0.39, 0.29) is 19.0 Å². The second-order valence-electron chi connectivity index (χ2n) is 8.69. The van der Waals surface area contributed by atoms with Crippen molar-refractivity contribution in [2.24, 2.45) is 0 Å². The minimum absolute atomic E-state index is 0.107. The fraction of sp³-hybridized carbons (Fsp3) is 0.880. The normalized spacial score (nSPS) is 11.8. The first-order valence-electron chi connectivity index (χ1n) is 13.0. The fourth-order valence-electron chi connectivity index (χ4n) is 3.70. The number of unbranched alkanes of at least 4 members (excludes halogenated alkanes) is 15. The molecule has 1 atom stereocenters. The van der Waals surface area contributed by atoms with Crippen LogP contribution in [0, 0.1) is 0 Å². The zero-order chi connectivity index (χ0) is 23.7. The minimum atomic E-state index is -1.03. The molecule has 0 aliphatic heterocycles. The lowest BCUT2D eigenvalue weighted by Gasteiger charge is -2.15. The molecule has 4 N–H and O–H groups in total. The van der Waals surface area contributed by atoms with E-state index in [2.05, 4.69) is 22.9 Å². The van der Waals surface area contributed by atoms with E-state index in [1.54, 1.807) is 0 Å². The molecule has 0 bridgehead atoms. The van der Waals surface area contributed by atoms with E-state index >= 15 is 0 Å². The highest BCUT2D eigenvalue weighted by Gasteiger charge is 2.18. The number of hydrogen-bond acceptors (Lipinski definition) is 5. The first-order valence-corrected chi connectivity index (χ1v) is 13.0. The first-order chi connectivity index (χ1) is 15.7. The molecule has 0 fully saturated rings. The summed E-state index contributed by atoms with van der Waals surface area (Å²) < 4.78 is 0. The third kappa shape index (κ3) is 20.4. The smallest absolute Gasteiger partial charge is 0.245 e. The predicted octanol–water partition coefficient (Wildman–Crippen LogP) is 3.63. The molecule has 0 saturated carbocycles. The summed E-state index contributed by atoms with van der Waals surface area (Å²) in [5.74, 6) is -0.910. The molecule has 0 saturated heterocycles. The molecule has 7 nitrogen and oxygen atoms in total.